The lowest BCUT2D eigenvalue weighted by Crippen LogP contribution is -2.28. The Bertz CT molecular complexity index is 341. The molecule has 0 bridgehead atoms. The zero-order valence-electron chi connectivity index (χ0n) is 7.46. The summed E-state index contributed by atoms with van der Waals surface area (Å²) < 4.78 is 0. The van der Waals surface area contributed by atoms with Gasteiger partial charge in [-0.3, -0.25) is 4.98 Å². The third-order valence-corrected chi connectivity index (χ3v) is 1.98. The van der Waals surface area contributed by atoms with E-state index in [4.69, 9.17) is 23.8 Å². The second-order valence-electron chi connectivity index (χ2n) is 2.48. The van der Waals surface area contributed by atoms with Gasteiger partial charge in [0.15, 0.2) is 5.11 Å². The molecule has 0 radical (unpaired) electrons. The minimum absolute atomic E-state index is 0.512. The molecule has 0 fully saturated rings. The fourth-order valence-electron chi connectivity index (χ4n) is 0.808. The third kappa shape index (κ3) is 3.32. The first-order chi connectivity index (χ1) is 6.74. The monoisotopic (exact) mass is 227 g/mol. The van der Waals surface area contributed by atoms with Gasteiger partial charge in [-0.15, -0.1) is 6.58 Å². The number of pyridine rings is 1. The highest BCUT2D eigenvalue weighted by molar-refractivity contribution is 7.80. The molecule has 0 saturated carbocycles. The van der Waals surface area contributed by atoms with Crippen LogP contribution < -0.4 is 10.6 Å². The van der Waals surface area contributed by atoms with Gasteiger partial charge in [-0.2, -0.15) is 0 Å². The Labute approximate surface area is 93.2 Å². The van der Waals surface area contributed by atoms with Crippen LogP contribution in [0.5, 0.6) is 0 Å². The van der Waals surface area contributed by atoms with Gasteiger partial charge in [0.05, 0.1) is 10.7 Å². The van der Waals surface area contributed by atoms with E-state index in [0.717, 1.165) is 5.69 Å². The molecule has 0 aromatic carbocycles. The molecule has 5 heteroatoms. The molecule has 1 heterocycles. The minimum atomic E-state index is 0.512. The van der Waals surface area contributed by atoms with Gasteiger partial charge in [0.2, 0.25) is 0 Å². The number of anilines is 1. The standard InChI is InChI=1S/C9H10ClN3S/c1-2-4-12-9(14)13-8-3-5-11-6-7(8)10/h2-3,5-6H,1,4H2,(H2,11,12,13,14). The fourth-order valence-corrected chi connectivity index (χ4v) is 1.17. The zero-order valence-corrected chi connectivity index (χ0v) is 9.03. The topological polar surface area (TPSA) is 37.0 Å². The van der Waals surface area contributed by atoms with Crippen molar-refractivity contribution in [3.8, 4) is 0 Å². The van der Waals surface area contributed by atoms with E-state index in [-0.39, 0.29) is 0 Å². The number of halogens is 1. The van der Waals surface area contributed by atoms with Gasteiger partial charge in [0.1, 0.15) is 0 Å². The number of rotatable bonds is 3. The SMILES string of the molecule is C=CCNC(=S)Nc1ccncc1Cl. The predicted molar refractivity (Wildman–Crippen MR) is 63.7 cm³/mol. The molecule has 1 aromatic rings. The van der Waals surface area contributed by atoms with Crippen molar-refractivity contribution in [2.75, 3.05) is 11.9 Å². The molecule has 2 N–H and O–H groups in total. The van der Waals surface area contributed by atoms with Crippen molar-refractivity contribution in [2.24, 2.45) is 0 Å². The maximum Gasteiger partial charge on any atom is 0.171 e. The molecule has 14 heavy (non-hydrogen) atoms. The Morgan fingerprint density at radius 1 is 1.71 bits per heavy atom. The van der Waals surface area contributed by atoms with E-state index in [1.54, 1.807) is 24.5 Å². The lowest BCUT2D eigenvalue weighted by atomic mass is 10.4. The van der Waals surface area contributed by atoms with Crippen molar-refractivity contribution in [3.63, 3.8) is 0 Å². The molecule has 0 aliphatic carbocycles. The summed E-state index contributed by atoms with van der Waals surface area (Å²) in [5.74, 6) is 0. The summed E-state index contributed by atoms with van der Waals surface area (Å²) >= 11 is 10.9. The Hall–Kier alpha value is -1.13. The second kappa shape index (κ2) is 5.57. The van der Waals surface area contributed by atoms with Crippen molar-refractivity contribution >= 4 is 34.6 Å². The van der Waals surface area contributed by atoms with Gasteiger partial charge in [0, 0.05) is 18.9 Å². The van der Waals surface area contributed by atoms with Gasteiger partial charge < -0.3 is 10.6 Å². The Kier molecular flexibility index (Phi) is 4.35. The van der Waals surface area contributed by atoms with E-state index in [2.05, 4.69) is 22.2 Å². The summed E-state index contributed by atoms with van der Waals surface area (Å²) in [5, 5.41) is 6.93. The van der Waals surface area contributed by atoms with Crippen molar-refractivity contribution < 1.29 is 0 Å². The molecule has 74 valence electrons. The average Bonchev–Trinajstić information content (AvgIpc) is 2.18. The van der Waals surface area contributed by atoms with Gasteiger partial charge in [-0.05, 0) is 18.3 Å². The van der Waals surface area contributed by atoms with Crippen molar-refractivity contribution in [1.82, 2.24) is 10.3 Å². The van der Waals surface area contributed by atoms with Crippen LogP contribution >= 0.6 is 23.8 Å². The van der Waals surface area contributed by atoms with Gasteiger partial charge in [-0.25, -0.2) is 0 Å². The number of nitrogens with zero attached hydrogens (tertiary/aromatic N) is 1. The lowest BCUT2D eigenvalue weighted by Gasteiger charge is -2.09. The average molecular weight is 228 g/mol. The Balaban J connectivity index is 2.56. The van der Waals surface area contributed by atoms with Crippen LogP contribution in [0.2, 0.25) is 5.02 Å². The van der Waals surface area contributed by atoms with Crippen LogP contribution in [0, 0.1) is 0 Å². The van der Waals surface area contributed by atoms with Crippen LogP contribution in [0.4, 0.5) is 5.69 Å². The molecule has 0 saturated heterocycles. The summed E-state index contributed by atoms with van der Waals surface area (Å²) in [6, 6.07) is 1.75. The molecule has 0 unspecified atom stereocenters. The molecule has 1 rings (SSSR count). The quantitative estimate of drug-likeness (QED) is 0.613. The fraction of sp³-hybridized carbons (Fsp3) is 0.111. The number of hydrogen-bond donors (Lipinski definition) is 2. The first kappa shape index (κ1) is 10.9. The lowest BCUT2D eigenvalue weighted by molar-refractivity contribution is 1.06. The minimum Gasteiger partial charge on any atom is -0.359 e. The zero-order chi connectivity index (χ0) is 10.4. The molecule has 0 amide bonds. The van der Waals surface area contributed by atoms with E-state index in [1.165, 1.54) is 0 Å². The predicted octanol–water partition coefficient (Wildman–Crippen LogP) is 2.21. The number of aromatic nitrogens is 1. The van der Waals surface area contributed by atoms with Crippen LogP contribution in [-0.4, -0.2) is 16.6 Å². The molecule has 0 spiro atoms. The molecular formula is C9H10ClN3S. The highest BCUT2D eigenvalue weighted by Gasteiger charge is 2.00. The van der Waals surface area contributed by atoms with Gasteiger partial charge in [-0.1, -0.05) is 17.7 Å². The smallest absolute Gasteiger partial charge is 0.171 e. The van der Waals surface area contributed by atoms with Crippen LogP contribution in [0.25, 0.3) is 0 Å². The summed E-state index contributed by atoms with van der Waals surface area (Å²) in [7, 11) is 0. The Morgan fingerprint density at radius 2 is 2.50 bits per heavy atom. The van der Waals surface area contributed by atoms with Crippen LogP contribution in [0.3, 0.4) is 0 Å². The highest BCUT2D eigenvalue weighted by atomic mass is 35.5. The molecule has 0 aliphatic rings. The van der Waals surface area contributed by atoms with Crippen molar-refractivity contribution in [3.05, 3.63) is 36.1 Å². The third-order valence-electron chi connectivity index (χ3n) is 1.43. The van der Waals surface area contributed by atoms with E-state index in [0.29, 0.717) is 16.7 Å². The van der Waals surface area contributed by atoms with E-state index < -0.39 is 0 Å². The van der Waals surface area contributed by atoms with Crippen molar-refractivity contribution in [1.29, 1.82) is 0 Å². The number of hydrogen-bond acceptors (Lipinski definition) is 2. The van der Waals surface area contributed by atoms with E-state index in [9.17, 15) is 0 Å². The Morgan fingerprint density at radius 3 is 3.14 bits per heavy atom. The van der Waals surface area contributed by atoms with E-state index >= 15 is 0 Å². The summed E-state index contributed by atoms with van der Waals surface area (Å²) in [6.45, 7) is 4.19. The summed E-state index contributed by atoms with van der Waals surface area (Å²) in [5.41, 5.74) is 0.739. The molecular weight excluding hydrogens is 218 g/mol. The van der Waals surface area contributed by atoms with Gasteiger partial charge in [0.25, 0.3) is 0 Å². The van der Waals surface area contributed by atoms with Crippen molar-refractivity contribution in [2.45, 2.75) is 0 Å². The second-order valence-corrected chi connectivity index (χ2v) is 3.29. The summed E-state index contributed by atoms with van der Waals surface area (Å²) in [6.07, 6.45) is 4.92. The normalized spacial score (nSPS) is 9.21. The van der Waals surface area contributed by atoms with Crippen LogP contribution in [0.15, 0.2) is 31.1 Å². The molecule has 3 nitrogen and oxygen atoms in total. The summed E-state index contributed by atoms with van der Waals surface area (Å²) in [4.78, 5) is 3.86. The number of thiocarbonyl (C=S) groups is 1. The number of nitrogens with one attached hydrogen (secondary N) is 2. The maximum absolute atomic E-state index is 5.87. The molecule has 0 aliphatic heterocycles. The van der Waals surface area contributed by atoms with Gasteiger partial charge >= 0.3 is 0 Å². The first-order valence-corrected chi connectivity index (χ1v) is 4.78. The largest absolute Gasteiger partial charge is 0.359 e. The first-order valence-electron chi connectivity index (χ1n) is 3.99. The molecule has 0 atom stereocenters. The van der Waals surface area contributed by atoms with Crippen LogP contribution in [0.1, 0.15) is 0 Å². The van der Waals surface area contributed by atoms with E-state index in [1.807, 2.05) is 0 Å². The maximum atomic E-state index is 5.87. The van der Waals surface area contributed by atoms with Crippen LogP contribution in [-0.2, 0) is 0 Å². The highest BCUT2D eigenvalue weighted by Crippen LogP contribution is 2.18. The molecule has 1 aromatic heterocycles.